The topological polar surface area (TPSA) is 113 Å². The zero-order chi connectivity index (χ0) is 25.1. The summed E-state index contributed by atoms with van der Waals surface area (Å²) in [7, 11) is -7.56. The summed E-state index contributed by atoms with van der Waals surface area (Å²) in [6.07, 6.45) is 1.05. The molecule has 180 valence electrons. The minimum Gasteiger partial charge on any atom is -0.324 e. The van der Waals surface area contributed by atoms with E-state index in [0.717, 1.165) is 21.7 Å². The minimum atomic E-state index is -3.80. The van der Waals surface area contributed by atoms with Crippen LogP contribution in [-0.4, -0.2) is 35.0 Å². The Balaban J connectivity index is 1.78. The van der Waals surface area contributed by atoms with Gasteiger partial charge in [-0.3, -0.25) is 13.8 Å². The van der Waals surface area contributed by atoms with E-state index in [1.165, 1.54) is 31.2 Å². The van der Waals surface area contributed by atoms with Crippen molar-refractivity contribution in [2.24, 2.45) is 0 Å². The molecular formula is C24H27N3O5S2. The number of aryl methyl sites for hydroxylation is 2. The summed E-state index contributed by atoms with van der Waals surface area (Å²) in [5.41, 5.74) is 3.07. The molecule has 0 saturated heterocycles. The van der Waals surface area contributed by atoms with E-state index in [4.69, 9.17) is 0 Å². The van der Waals surface area contributed by atoms with E-state index < -0.39 is 32.0 Å². The molecule has 0 aromatic heterocycles. The molecule has 0 bridgehead atoms. The highest BCUT2D eigenvalue weighted by atomic mass is 32.2. The highest BCUT2D eigenvalue weighted by Gasteiger charge is 2.29. The molecule has 10 heteroatoms. The number of para-hydroxylation sites is 1. The average molecular weight is 502 g/mol. The molecule has 3 aromatic rings. The normalized spacial score (nSPS) is 12.6. The molecule has 0 aliphatic carbocycles. The Hall–Kier alpha value is -3.37. The van der Waals surface area contributed by atoms with Crippen LogP contribution in [0.25, 0.3) is 0 Å². The number of carbonyl (C=O) groups is 1. The summed E-state index contributed by atoms with van der Waals surface area (Å²) < 4.78 is 53.7. The van der Waals surface area contributed by atoms with Gasteiger partial charge in [0.25, 0.3) is 10.0 Å². The van der Waals surface area contributed by atoms with Crippen LogP contribution in [-0.2, 0) is 24.8 Å². The van der Waals surface area contributed by atoms with Crippen molar-refractivity contribution in [1.29, 1.82) is 0 Å². The predicted octanol–water partition coefficient (Wildman–Crippen LogP) is 3.90. The standard InChI is InChI=1S/C24H27N3O5S2/c1-17-10-13-22(16-18(17)2)27(33(4,29)30)19(3)24(28)25-20-11-14-23(15-12-20)34(31,32)26-21-8-6-5-7-9-21/h5-16,19,26H,1-4H3,(H,25,28)/t19-/m1/s1. The van der Waals surface area contributed by atoms with Gasteiger partial charge in [-0.05, 0) is 80.4 Å². The Morgan fingerprint density at radius 1 is 0.824 bits per heavy atom. The molecule has 0 saturated carbocycles. The van der Waals surface area contributed by atoms with E-state index in [9.17, 15) is 21.6 Å². The summed E-state index contributed by atoms with van der Waals surface area (Å²) >= 11 is 0. The molecule has 2 N–H and O–H groups in total. The Morgan fingerprint density at radius 3 is 2.00 bits per heavy atom. The van der Waals surface area contributed by atoms with Crippen LogP contribution in [0.15, 0.2) is 77.7 Å². The van der Waals surface area contributed by atoms with E-state index in [1.54, 1.807) is 48.5 Å². The van der Waals surface area contributed by atoms with Crippen LogP contribution in [0.2, 0.25) is 0 Å². The quantitative estimate of drug-likeness (QED) is 0.486. The third-order valence-corrected chi connectivity index (χ3v) is 7.93. The lowest BCUT2D eigenvalue weighted by Gasteiger charge is -2.28. The van der Waals surface area contributed by atoms with Crippen molar-refractivity contribution in [3.8, 4) is 0 Å². The van der Waals surface area contributed by atoms with Crippen LogP contribution in [0, 0.1) is 13.8 Å². The van der Waals surface area contributed by atoms with Crippen molar-refractivity contribution in [1.82, 2.24) is 0 Å². The number of amides is 1. The van der Waals surface area contributed by atoms with Crippen molar-refractivity contribution in [2.75, 3.05) is 20.6 Å². The molecule has 0 heterocycles. The molecule has 3 rings (SSSR count). The molecule has 0 fully saturated rings. The second-order valence-electron chi connectivity index (χ2n) is 7.99. The number of hydrogen-bond acceptors (Lipinski definition) is 5. The molecule has 0 aliphatic heterocycles. The lowest BCUT2D eigenvalue weighted by molar-refractivity contribution is -0.116. The zero-order valence-electron chi connectivity index (χ0n) is 19.3. The molecule has 0 spiro atoms. The summed E-state index contributed by atoms with van der Waals surface area (Å²) in [5.74, 6) is -0.554. The number of carbonyl (C=O) groups excluding carboxylic acids is 1. The van der Waals surface area contributed by atoms with E-state index in [-0.39, 0.29) is 4.90 Å². The lowest BCUT2D eigenvalue weighted by Crippen LogP contribution is -2.45. The predicted molar refractivity (Wildman–Crippen MR) is 135 cm³/mol. The smallest absolute Gasteiger partial charge is 0.261 e. The first kappa shape index (κ1) is 25.3. The average Bonchev–Trinajstić information content (AvgIpc) is 2.76. The SMILES string of the molecule is Cc1ccc(N([C@H](C)C(=O)Nc2ccc(S(=O)(=O)Nc3ccccc3)cc2)S(C)(=O)=O)cc1C. The second kappa shape index (κ2) is 9.86. The van der Waals surface area contributed by atoms with Gasteiger partial charge < -0.3 is 5.32 Å². The fraction of sp³-hybridized carbons (Fsp3) is 0.208. The van der Waals surface area contributed by atoms with E-state index in [2.05, 4.69) is 10.0 Å². The van der Waals surface area contributed by atoms with Crippen molar-refractivity contribution in [3.63, 3.8) is 0 Å². The molecule has 0 aliphatic rings. The van der Waals surface area contributed by atoms with Crippen molar-refractivity contribution >= 4 is 43.0 Å². The van der Waals surface area contributed by atoms with Gasteiger partial charge in [-0.25, -0.2) is 16.8 Å². The first-order valence-corrected chi connectivity index (χ1v) is 13.8. The van der Waals surface area contributed by atoms with Crippen LogP contribution >= 0.6 is 0 Å². The van der Waals surface area contributed by atoms with Crippen LogP contribution in [0.5, 0.6) is 0 Å². The van der Waals surface area contributed by atoms with E-state index in [0.29, 0.717) is 17.1 Å². The molecule has 1 atom stereocenters. The number of hydrogen-bond donors (Lipinski definition) is 2. The van der Waals surface area contributed by atoms with Crippen LogP contribution in [0.4, 0.5) is 17.1 Å². The monoisotopic (exact) mass is 501 g/mol. The van der Waals surface area contributed by atoms with Gasteiger partial charge in [0, 0.05) is 11.4 Å². The minimum absolute atomic E-state index is 0.0234. The maximum Gasteiger partial charge on any atom is 0.261 e. The number of anilines is 3. The molecule has 3 aromatic carbocycles. The summed E-state index contributed by atoms with van der Waals surface area (Å²) in [5, 5.41) is 2.66. The summed E-state index contributed by atoms with van der Waals surface area (Å²) in [6.45, 7) is 5.28. The van der Waals surface area contributed by atoms with Gasteiger partial charge in [-0.15, -0.1) is 0 Å². The zero-order valence-corrected chi connectivity index (χ0v) is 20.9. The number of nitrogens with one attached hydrogen (secondary N) is 2. The molecule has 0 unspecified atom stereocenters. The van der Waals surface area contributed by atoms with Gasteiger partial charge in [-0.2, -0.15) is 0 Å². The number of nitrogens with zero attached hydrogens (tertiary/aromatic N) is 1. The molecule has 0 radical (unpaired) electrons. The van der Waals surface area contributed by atoms with Crippen molar-refractivity contribution in [2.45, 2.75) is 31.7 Å². The van der Waals surface area contributed by atoms with Crippen LogP contribution in [0.3, 0.4) is 0 Å². The first-order chi connectivity index (χ1) is 15.9. The number of sulfonamides is 2. The van der Waals surface area contributed by atoms with E-state index in [1.807, 2.05) is 13.8 Å². The van der Waals surface area contributed by atoms with Crippen LogP contribution < -0.4 is 14.3 Å². The highest BCUT2D eigenvalue weighted by Crippen LogP contribution is 2.25. The van der Waals surface area contributed by atoms with Gasteiger partial charge in [0.1, 0.15) is 6.04 Å². The van der Waals surface area contributed by atoms with Crippen LogP contribution in [0.1, 0.15) is 18.1 Å². The van der Waals surface area contributed by atoms with Gasteiger partial charge in [0.15, 0.2) is 0 Å². The second-order valence-corrected chi connectivity index (χ2v) is 11.5. The molecule has 1 amide bonds. The third-order valence-electron chi connectivity index (χ3n) is 5.29. The fourth-order valence-corrected chi connectivity index (χ4v) is 5.58. The molecule has 8 nitrogen and oxygen atoms in total. The lowest BCUT2D eigenvalue weighted by atomic mass is 10.1. The molecular weight excluding hydrogens is 474 g/mol. The summed E-state index contributed by atoms with van der Waals surface area (Å²) in [4.78, 5) is 12.9. The number of rotatable bonds is 8. The van der Waals surface area contributed by atoms with Gasteiger partial charge in [0.2, 0.25) is 15.9 Å². The van der Waals surface area contributed by atoms with Crippen molar-refractivity contribution in [3.05, 3.63) is 83.9 Å². The Labute approximate surface area is 200 Å². The van der Waals surface area contributed by atoms with Gasteiger partial charge in [-0.1, -0.05) is 24.3 Å². The number of benzene rings is 3. The molecule has 34 heavy (non-hydrogen) atoms. The first-order valence-electron chi connectivity index (χ1n) is 10.4. The third kappa shape index (κ3) is 5.95. The Morgan fingerprint density at radius 2 is 1.44 bits per heavy atom. The van der Waals surface area contributed by atoms with Crippen molar-refractivity contribution < 1.29 is 21.6 Å². The largest absolute Gasteiger partial charge is 0.324 e. The summed E-state index contributed by atoms with van der Waals surface area (Å²) in [6, 6.07) is 18.3. The Kier molecular flexibility index (Phi) is 7.32. The fourth-order valence-electron chi connectivity index (χ4n) is 3.36. The maximum atomic E-state index is 12.9. The van der Waals surface area contributed by atoms with Gasteiger partial charge >= 0.3 is 0 Å². The van der Waals surface area contributed by atoms with E-state index >= 15 is 0 Å². The van der Waals surface area contributed by atoms with Gasteiger partial charge in [0.05, 0.1) is 16.8 Å². The Bertz CT molecular complexity index is 1390. The maximum absolute atomic E-state index is 12.9. The highest BCUT2D eigenvalue weighted by molar-refractivity contribution is 7.92.